The van der Waals surface area contributed by atoms with Crippen LogP contribution in [-0.4, -0.2) is 24.0 Å². The number of amides is 1. The molecule has 0 aliphatic heterocycles. The molecule has 2 aromatic carbocycles. The number of nitrogens with zero attached hydrogens (tertiary/aromatic N) is 2. The molecule has 0 bridgehead atoms. The van der Waals surface area contributed by atoms with Crippen LogP contribution in [-0.2, 0) is 16.1 Å². The minimum Gasteiger partial charge on any atom is -0.495 e. The summed E-state index contributed by atoms with van der Waals surface area (Å²) < 4.78 is 24.2. The number of halogens is 1. The molecule has 0 radical (unpaired) electrons. The van der Waals surface area contributed by atoms with E-state index in [9.17, 15) is 14.0 Å². The summed E-state index contributed by atoms with van der Waals surface area (Å²) >= 11 is 1.24. The van der Waals surface area contributed by atoms with E-state index in [1.165, 1.54) is 42.4 Å². The fraction of sp³-hybridized carbons (Fsp3) is 0.190. The van der Waals surface area contributed by atoms with Crippen molar-refractivity contribution in [2.75, 3.05) is 12.0 Å². The van der Waals surface area contributed by atoms with Gasteiger partial charge in [-0.2, -0.15) is 0 Å². The molecule has 0 saturated carbocycles. The third-order valence-corrected chi connectivity index (χ3v) is 5.01. The Morgan fingerprint density at radius 3 is 2.66 bits per heavy atom. The zero-order valence-corrected chi connectivity index (χ0v) is 17.0. The maximum absolute atomic E-state index is 13.6. The topological polar surface area (TPSA) is 68.7 Å². The van der Waals surface area contributed by atoms with Gasteiger partial charge in [0.05, 0.1) is 24.1 Å². The van der Waals surface area contributed by atoms with E-state index in [4.69, 9.17) is 9.47 Å². The van der Waals surface area contributed by atoms with E-state index in [1.54, 1.807) is 36.6 Å². The fourth-order valence-corrected chi connectivity index (χ4v) is 3.49. The van der Waals surface area contributed by atoms with Crippen molar-refractivity contribution in [2.45, 2.75) is 20.5 Å². The van der Waals surface area contributed by atoms with E-state index in [2.05, 4.69) is 4.98 Å². The van der Waals surface area contributed by atoms with E-state index in [0.717, 1.165) is 6.07 Å². The Balaban J connectivity index is 1.76. The number of anilines is 2. The van der Waals surface area contributed by atoms with Gasteiger partial charge in [-0.25, -0.2) is 14.2 Å². The number of carbonyl (C=O) groups excluding carboxylic acids is 2. The Morgan fingerprint density at radius 1 is 1.21 bits per heavy atom. The number of benzene rings is 2. The summed E-state index contributed by atoms with van der Waals surface area (Å²) in [6, 6.07) is 11.3. The molecule has 29 heavy (non-hydrogen) atoms. The molecule has 0 fully saturated rings. The normalized spacial score (nSPS) is 10.5. The van der Waals surface area contributed by atoms with E-state index < -0.39 is 11.8 Å². The van der Waals surface area contributed by atoms with Gasteiger partial charge in [0.25, 0.3) is 0 Å². The molecule has 0 aliphatic carbocycles. The number of methoxy groups -OCH3 is 1. The van der Waals surface area contributed by atoms with Gasteiger partial charge in [-0.1, -0.05) is 18.2 Å². The molecule has 0 N–H and O–H groups in total. The molecule has 1 aromatic heterocycles. The van der Waals surface area contributed by atoms with Gasteiger partial charge in [0.2, 0.25) is 5.91 Å². The molecule has 0 saturated heterocycles. The second-order valence-corrected chi connectivity index (χ2v) is 7.02. The molecular formula is C21H19FN2O4S. The molecular weight excluding hydrogens is 395 g/mol. The van der Waals surface area contributed by atoms with Gasteiger partial charge < -0.3 is 9.47 Å². The predicted octanol–water partition coefficient (Wildman–Crippen LogP) is 4.64. The number of esters is 1. The van der Waals surface area contributed by atoms with Gasteiger partial charge in [-0.15, -0.1) is 11.3 Å². The summed E-state index contributed by atoms with van der Waals surface area (Å²) in [5, 5.41) is 2.12. The van der Waals surface area contributed by atoms with Crippen LogP contribution in [0.15, 0.2) is 47.8 Å². The first kappa shape index (κ1) is 20.5. The molecule has 0 spiro atoms. The highest BCUT2D eigenvalue weighted by Gasteiger charge is 2.21. The highest BCUT2D eigenvalue weighted by atomic mass is 32.1. The maximum atomic E-state index is 13.6. The smallest absolute Gasteiger partial charge is 0.338 e. The van der Waals surface area contributed by atoms with Crippen molar-refractivity contribution >= 4 is 34.0 Å². The first-order valence-corrected chi connectivity index (χ1v) is 9.60. The largest absolute Gasteiger partial charge is 0.495 e. The van der Waals surface area contributed by atoms with Crippen LogP contribution in [0.25, 0.3) is 0 Å². The lowest BCUT2D eigenvalue weighted by molar-refractivity contribution is -0.115. The van der Waals surface area contributed by atoms with Crippen molar-refractivity contribution in [1.82, 2.24) is 4.98 Å². The number of hydrogen-bond donors (Lipinski definition) is 0. The minimum absolute atomic E-state index is 0.0947. The third kappa shape index (κ3) is 4.60. The molecule has 0 atom stereocenters. The molecule has 0 aliphatic rings. The van der Waals surface area contributed by atoms with Crippen molar-refractivity contribution in [3.05, 3.63) is 70.5 Å². The number of hydrogen-bond acceptors (Lipinski definition) is 6. The molecule has 1 heterocycles. The number of thiazole rings is 1. The summed E-state index contributed by atoms with van der Waals surface area (Å²) in [6.07, 6.45) is 0. The first-order valence-electron chi connectivity index (χ1n) is 8.72. The second-order valence-electron chi connectivity index (χ2n) is 6.19. The third-order valence-electron chi connectivity index (χ3n) is 4.13. The Kier molecular flexibility index (Phi) is 6.23. The van der Waals surface area contributed by atoms with Gasteiger partial charge in [0, 0.05) is 12.3 Å². The van der Waals surface area contributed by atoms with Gasteiger partial charge >= 0.3 is 5.97 Å². The molecule has 150 valence electrons. The average molecular weight is 414 g/mol. The lowest BCUT2D eigenvalue weighted by atomic mass is 10.1. The lowest BCUT2D eigenvalue weighted by Gasteiger charge is -2.20. The molecule has 0 unspecified atom stereocenters. The number of ether oxygens (including phenoxy) is 2. The van der Waals surface area contributed by atoms with Crippen LogP contribution in [0.5, 0.6) is 5.75 Å². The van der Waals surface area contributed by atoms with Crippen molar-refractivity contribution in [3.8, 4) is 5.75 Å². The van der Waals surface area contributed by atoms with E-state index >= 15 is 0 Å². The molecule has 8 heteroatoms. The Bertz CT molecular complexity index is 1050. The summed E-state index contributed by atoms with van der Waals surface area (Å²) in [7, 11) is 1.53. The second kappa shape index (κ2) is 8.83. The summed E-state index contributed by atoms with van der Waals surface area (Å²) in [5.41, 5.74) is 1.62. The standard InChI is InChI=1S/C21H19FN2O4S/c1-13-8-9-15(10-17(13)22)20(26)28-11-16-12-29-21(23-16)24(14(2)25)18-6-4-5-7-19(18)27-3/h4-10,12H,11H2,1-3H3. The fourth-order valence-electron chi connectivity index (χ4n) is 2.63. The van der Waals surface area contributed by atoms with Crippen molar-refractivity contribution in [1.29, 1.82) is 0 Å². The van der Waals surface area contributed by atoms with E-state index in [0.29, 0.717) is 27.8 Å². The van der Waals surface area contributed by atoms with Crippen LogP contribution in [0.2, 0.25) is 0 Å². The number of aromatic nitrogens is 1. The van der Waals surface area contributed by atoms with Gasteiger partial charge in [-0.05, 0) is 36.8 Å². The van der Waals surface area contributed by atoms with Gasteiger partial charge in [-0.3, -0.25) is 9.69 Å². The van der Waals surface area contributed by atoms with Crippen LogP contribution < -0.4 is 9.64 Å². The Labute approximate surface area is 171 Å². The lowest BCUT2D eigenvalue weighted by Crippen LogP contribution is -2.23. The Hall–Kier alpha value is -3.26. The SMILES string of the molecule is COc1ccccc1N(C(C)=O)c1nc(COC(=O)c2ccc(C)c(F)c2)cs1. The molecule has 6 nitrogen and oxygen atoms in total. The summed E-state index contributed by atoms with van der Waals surface area (Å²) in [5.74, 6) is -0.814. The zero-order chi connectivity index (χ0) is 21.0. The average Bonchev–Trinajstić information content (AvgIpc) is 3.17. The molecule has 3 rings (SSSR count). The summed E-state index contributed by atoms with van der Waals surface area (Å²) in [4.78, 5) is 30.2. The minimum atomic E-state index is -0.647. The molecule has 3 aromatic rings. The molecule has 1 amide bonds. The first-order chi connectivity index (χ1) is 13.9. The maximum Gasteiger partial charge on any atom is 0.338 e. The number of aryl methyl sites for hydroxylation is 1. The highest BCUT2D eigenvalue weighted by Crippen LogP contribution is 2.35. The van der Waals surface area contributed by atoms with Crippen molar-refractivity contribution in [3.63, 3.8) is 0 Å². The van der Waals surface area contributed by atoms with Crippen molar-refractivity contribution in [2.24, 2.45) is 0 Å². The summed E-state index contributed by atoms with van der Waals surface area (Å²) in [6.45, 7) is 2.95. The van der Waals surface area contributed by atoms with E-state index in [-0.39, 0.29) is 18.1 Å². The predicted molar refractivity (Wildman–Crippen MR) is 108 cm³/mol. The highest BCUT2D eigenvalue weighted by molar-refractivity contribution is 7.14. The van der Waals surface area contributed by atoms with Gasteiger partial charge in [0.1, 0.15) is 18.2 Å². The van der Waals surface area contributed by atoms with Crippen LogP contribution in [0, 0.1) is 12.7 Å². The monoisotopic (exact) mass is 414 g/mol. The zero-order valence-electron chi connectivity index (χ0n) is 16.1. The van der Waals surface area contributed by atoms with Crippen LogP contribution >= 0.6 is 11.3 Å². The van der Waals surface area contributed by atoms with E-state index in [1.807, 2.05) is 0 Å². The quantitative estimate of drug-likeness (QED) is 0.550. The van der Waals surface area contributed by atoms with Crippen LogP contribution in [0.4, 0.5) is 15.2 Å². The van der Waals surface area contributed by atoms with Crippen LogP contribution in [0.1, 0.15) is 28.5 Å². The number of carbonyl (C=O) groups is 2. The Morgan fingerprint density at radius 2 is 1.97 bits per heavy atom. The number of rotatable bonds is 6. The van der Waals surface area contributed by atoms with Crippen LogP contribution in [0.3, 0.4) is 0 Å². The number of para-hydroxylation sites is 2. The van der Waals surface area contributed by atoms with Crippen molar-refractivity contribution < 1.29 is 23.5 Å². The van der Waals surface area contributed by atoms with Gasteiger partial charge in [0.15, 0.2) is 5.13 Å².